The van der Waals surface area contributed by atoms with Gasteiger partial charge in [-0.15, -0.1) is 0 Å². The minimum absolute atomic E-state index is 0.632. The van der Waals surface area contributed by atoms with Crippen LogP contribution in [0.1, 0.15) is 31.2 Å². The molecule has 1 aromatic rings. The third kappa shape index (κ3) is 4.59. The Labute approximate surface area is 123 Å². The van der Waals surface area contributed by atoms with Crippen molar-refractivity contribution >= 4 is 22.4 Å². The maximum absolute atomic E-state index is 12.1. The summed E-state index contributed by atoms with van der Waals surface area (Å²) in [6, 6.07) is 8.29. The van der Waals surface area contributed by atoms with Crippen molar-refractivity contribution in [2.24, 2.45) is 5.92 Å². The van der Waals surface area contributed by atoms with Crippen molar-refractivity contribution < 1.29 is 4.21 Å². The first-order valence-corrected chi connectivity index (χ1v) is 8.82. The number of hydrogen-bond donors (Lipinski definition) is 1. The van der Waals surface area contributed by atoms with E-state index in [0.717, 1.165) is 22.8 Å². The van der Waals surface area contributed by atoms with Gasteiger partial charge in [-0.25, -0.2) is 0 Å². The predicted molar refractivity (Wildman–Crippen MR) is 83.0 cm³/mol. The molecule has 0 radical (unpaired) electrons. The summed E-state index contributed by atoms with van der Waals surface area (Å²) >= 11 is 5.84. The first kappa shape index (κ1) is 15.0. The molecule has 0 amide bonds. The molecule has 2 rings (SSSR count). The van der Waals surface area contributed by atoms with Crippen LogP contribution >= 0.6 is 11.6 Å². The molecule has 1 aliphatic carbocycles. The quantitative estimate of drug-likeness (QED) is 0.872. The van der Waals surface area contributed by atoms with E-state index in [-0.39, 0.29) is 0 Å². The molecular weight excluding hydrogens is 278 g/mol. The van der Waals surface area contributed by atoms with Crippen LogP contribution in [-0.2, 0) is 16.6 Å². The van der Waals surface area contributed by atoms with Crippen LogP contribution in [0, 0.1) is 5.92 Å². The number of halogens is 1. The Bertz CT molecular complexity index is 421. The Balaban J connectivity index is 1.77. The van der Waals surface area contributed by atoms with Crippen molar-refractivity contribution in [2.75, 3.05) is 12.8 Å². The third-order valence-electron chi connectivity index (χ3n) is 3.99. The highest BCUT2D eigenvalue weighted by molar-refractivity contribution is 7.84. The summed E-state index contributed by atoms with van der Waals surface area (Å²) in [5, 5.41) is 4.11. The van der Waals surface area contributed by atoms with E-state index in [9.17, 15) is 4.21 Å². The van der Waals surface area contributed by atoms with E-state index in [1.165, 1.54) is 19.3 Å². The van der Waals surface area contributed by atoms with Gasteiger partial charge in [0.05, 0.1) is 0 Å². The number of hydrogen-bond acceptors (Lipinski definition) is 2. The van der Waals surface area contributed by atoms with Crippen molar-refractivity contribution in [1.29, 1.82) is 0 Å². The first-order valence-electron chi connectivity index (χ1n) is 6.95. The summed E-state index contributed by atoms with van der Waals surface area (Å²) in [4.78, 5) is 0. The fourth-order valence-corrected chi connectivity index (χ4v) is 4.28. The van der Waals surface area contributed by atoms with E-state index >= 15 is 0 Å². The monoisotopic (exact) mass is 299 g/mol. The molecule has 0 aliphatic heterocycles. The fraction of sp³-hybridized carbons (Fsp3) is 0.600. The van der Waals surface area contributed by atoms with Crippen molar-refractivity contribution in [1.82, 2.24) is 5.32 Å². The van der Waals surface area contributed by atoms with Crippen LogP contribution in [0.3, 0.4) is 0 Å². The summed E-state index contributed by atoms with van der Waals surface area (Å²) in [6.45, 7) is 0. The van der Waals surface area contributed by atoms with Gasteiger partial charge in [0.25, 0.3) is 0 Å². The maximum atomic E-state index is 12.1. The topological polar surface area (TPSA) is 29.1 Å². The predicted octanol–water partition coefficient (Wildman–Crippen LogP) is 3.37. The molecule has 0 aromatic heterocycles. The minimum atomic E-state index is -0.761. The molecule has 1 saturated carbocycles. The average Bonchev–Trinajstić information content (AvgIpc) is 2.86. The maximum Gasteiger partial charge on any atom is 0.0485 e. The molecule has 3 unspecified atom stereocenters. The van der Waals surface area contributed by atoms with Crippen molar-refractivity contribution in [3.8, 4) is 0 Å². The zero-order valence-electron chi connectivity index (χ0n) is 11.4. The van der Waals surface area contributed by atoms with Crippen LogP contribution in [0.2, 0.25) is 5.02 Å². The van der Waals surface area contributed by atoms with Gasteiger partial charge in [0, 0.05) is 33.4 Å². The number of rotatable bonds is 6. The second-order valence-electron chi connectivity index (χ2n) is 5.29. The third-order valence-corrected chi connectivity index (χ3v) is 5.59. The summed E-state index contributed by atoms with van der Waals surface area (Å²) in [5.74, 6) is 2.17. The molecule has 1 N–H and O–H groups in total. The fourth-order valence-electron chi connectivity index (χ4n) is 2.88. The average molecular weight is 300 g/mol. The summed E-state index contributed by atoms with van der Waals surface area (Å²) in [6.07, 6.45) is 4.93. The van der Waals surface area contributed by atoms with Crippen LogP contribution < -0.4 is 5.32 Å². The molecule has 0 spiro atoms. The van der Waals surface area contributed by atoms with Crippen LogP contribution in [0.4, 0.5) is 0 Å². The van der Waals surface area contributed by atoms with Crippen molar-refractivity contribution in [3.63, 3.8) is 0 Å². The largest absolute Gasteiger partial charge is 0.317 e. The Morgan fingerprint density at radius 1 is 1.32 bits per heavy atom. The zero-order valence-corrected chi connectivity index (χ0v) is 13.0. The van der Waals surface area contributed by atoms with E-state index in [1.807, 2.05) is 31.3 Å². The van der Waals surface area contributed by atoms with E-state index in [0.29, 0.717) is 17.7 Å². The lowest BCUT2D eigenvalue weighted by molar-refractivity contribution is 0.416. The zero-order chi connectivity index (χ0) is 13.7. The summed E-state index contributed by atoms with van der Waals surface area (Å²) in [5.41, 5.74) is 1.11. The van der Waals surface area contributed by atoms with Gasteiger partial charge in [-0.3, -0.25) is 4.21 Å². The lowest BCUT2D eigenvalue weighted by atomic mass is 10.0. The molecule has 0 saturated heterocycles. The van der Waals surface area contributed by atoms with E-state index in [4.69, 9.17) is 11.6 Å². The Kier molecular flexibility index (Phi) is 5.86. The molecule has 2 nitrogen and oxygen atoms in total. The normalized spacial score (nSPS) is 24.5. The molecule has 1 aromatic carbocycles. The van der Waals surface area contributed by atoms with E-state index in [1.54, 1.807) is 0 Å². The van der Waals surface area contributed by atoms with Crippen LogP contribution in [0.15, 0.2) is 24.3 Å². The van der Waals surface area contributed by atoms with Gasteiger partial charge < -0.3 is 5.32 Å². The molecule has 106 valence electrons. The van der Waals surface area contributed by atoms with Gasteiger partial charge >= 0.3 is 0 Å². The molecule has 0 bridgehead atoms. The van der Waals surface area contributed by atoms with Gasteiger partial charge in [0.1, 0.15) is 0 Å². The molecule has 3 atom stereocenters. The summed E-state index contributed by atoms with van der Waals surface area (Å²) < 4.78 is 12.1. The number of benzene rings is 1. The smallest absolute Gasteiger partial charge is 0.0485 e. The van der Waals surface area contributed by atoms with Gasteiger partial charge in [0.15, 0.2) is 0 Å². The van der Waals surface area contributed by atoms with Gasteiger partial charge in [-0.05, 0) is 49.9 Å². The van der Waals surface area contributed by atoms with E-state index in [2.05, 4.69) is 5.32 Å². The molecule has 0 heterocycles. The van der Waals surface area contributed by atoms with Crippen molar-refractivity contribution in [2.45, 2.75) is 37.5 Å². The summed E-state index contributed by atoms with van der Waals surface area (Å²) in [7, 11) is 1.27. The second-order valence-corrected chi connectivity index (χ2v) is 7.30. The van der Waals surface area contributed by atoms with E-state index < -0.39 is 10.8 Å². The molecule has 1 fully saturated rings. The highest BCUT2D eigenvalue weighted by Gasteiger charge is 2.25. The highest BCUT2D eigenvalue weighted by Crippen LogP contribution is 2.28. The first-order chi connectivity index (χ1) is 9.19. The van der Waals surface area contributed by atoms with Crippen LogP contribution in [0.5, 0.6) is 0 Å². The van der Waals surface area contributed by atoms with Gasteiger partial charge in [0.2, 0.25) is 0 Å². The van der Waals surface area contributed by atoms with Gasteiger partial charge in [-0.1, -0.05) is 30.2 Å². The molecule has 1 aliphatic rings. The van der Waals surface area contributed by atoms with Crippen LogP contribution in [-0.4, -0.2) is 23.1 Å². The Morgan fingerprint density at radius 2 is 2.05 bits per heavy atom. The Morgan fingerprint density at radius 3 is 2.74 bits per heavy atom. The van der Waals surface area contributed by atoms with Gasteiger partial charge in [-0.2, -0.15) is 0 Å². The second kappa shape index (κ2) is 7.41. The lowest BCUT2D eigenvalue weighted by Gasteiger charge is -2.18. The SMILES string of the molecule is CNC1CCCC1CCS(=O)Cc1ccc(Cl)cc1. The minimum Gasteiger partial charge on any atom is -0.317 e. The van der Waals surface area contributed by atoms with Crippen molar-refractivity contribution in [3.05, 3.63) is 34.9 Å². The standard InChI is InChI=1S/C15H22ClNOS/c1-17-15-4-2-3-13(15)9-10-19(18)11-12-5-7-14(16)8-6-12/h5-8,13,15,17H,2-4,9-11H2,1H3. The lowest BCUT2D eigenvalue weighted by Crippen LogP contribution is -2.29. The molecular formula is C15H22ClNOS. The van der Waals surface area contributed by atoms with Crippen LogP contribution in [0.25, 0.3) is 0 Å². The Hall–Kier alpha value is -0.380. The highest BCUT2D eigenvalue weighted by atomic mass is 35.5. The number of nitrogens with one attached hydrogen (secondary N) is 1. The molecule has 19 heavy (non-hydrogen) atoms. The molecule has 4 heteroatoms.